The molecule has 26 heavy (non-hydrogen) atoms. The molecule has 2 aliphatic heterocycles. The van der Waals surface area contributed by atoms with Crippen molar-refractivity contribution in [3.63, 3.8) is 0 Å². The maximum Gasteiger partial charge on any atom is 0.244 e. The number of sulfonamides is 1. The number of nitrogens with zero attached hydrogens (tertiary/aromatic N) is 1. The van der Waals surface area contributed by atoms with Gasteiger partial charge in [-0.25, -0.2) is 8.42 Å². The van der Waals surface area contributed by atoms with Crippen LogP contribution < -0.4 is 14.8 Å². The highest BCUT2D eigenvalue weighted by molar-refractivity contribution is 7.89. The van der Waals surface area contributed by atoms with Gasteiger partial charge in [-0.1, -0.05) is 5.92 Å². The number of hydrogen-bond donors (Lipinski definition) is 1. The molecule has 2 fully saturated rings. The number of nitrogens with one attached hydrogen (secondary N) is 1. The number of ether oxygens (including phenoxy) is 2. The average Bonchev–Trinajstić information content (AvgIpc) is 3.27. The monoisotopic (exact) mass is 376 g/mol. The normalized spacial score (nSPS) is 27.1. The number of fused-ring (bicyclic) bond motifs is 3. The zero-order valence-electron chi connectivity index (χ0n) is 14.2. The van der Waals surface area contributed by atoms with Gasteiger partial charge in [0.25, 0.3) is 0 Å². The predicted molar refractivity (Wildman–Crippen MR) is 93.2 cm³/mol. The molecule has 3 aliphatic rings. The number of terminal acetylenes is 1. The van der Waals surface area contributed by atoms with Crippen LogP contribution in [-0.2, 0) is 14.8 Å². The van der Waals surface area contributed by atoms with Gasteiger partial charge in [-0.15, -0.1) is 6.42 Å². The molecule has 1 aliphatic carbocycles. The highest BCUT2D eigenvalue weighted by atomic mass is 32.2. The van der Waals surface area contributed by atoms with Crippen LogP contribution in [0.15, 0.2) is 23.1 Å². The van der Waals surface area contributed by atoms with Gasteiger partial charge in [0, 0.05) is 12.1 Å². The third kappa shape index (κ3) is 2.72. The Labute approximate surface area is 152 Å². The van der Waals surface area contributed by atoms with Crippen molar-refractivity contribution in [2.75, 3.05) is 19.8 Å². The topological polar surface area (TPSA) is 84.9 Å². The Morgan fingerprint density at radius 1 is 1.27 bits per heavy atom. The van der Waals surface area contributed by atoms with Crippen molar-refractivity contribution in [3.05, 3.63) is 18.2 Å². The van der Waals surface area contributed by atoms with Gasteiger partial charge in [0.1, 0.15) is 19.3 Å². The summed E-state index contributed by atoms with van der Waals surface area (Å²) in [6.07, 6.45) is 7.54. The maximum atomic E-state index is 13.3. The summed E-state index contributed by atoms with van der Waals surface area (Å²) in [5.74, 6) is 3.01. The van der Waals surface area contributed by atoms with Crippen LogP contribution in [0.3, 0.4) is 0 Å². The van der Waals surface area contributed by atoms with E-state index in [-0.39, 0.29) is 29.3 Å². The van der Waals surface area contributed by atoms with Crippen LogP contribution >= 0.6 is 0 Å². The summed E-state index contributed by atoms with van der Waals surface area (Å²) in [7, 11) is -3.84. The van der Waals surface area contributed by atoms with E-state index in [2.05, 4.69) is 11.2 Å². The van der Waals surface area contributed by atoms with Gasteiger partial charge in [0.2, 0.25) is 15.9 Å². The molecule has 1 saturated heterocycles. The SMILES string of the molecule is C#CCNC(=O)[C@@H]1[C@H]2CC[C@@H](C2)N1S(=O)(=O)c1ccc2c(c1)OCCO2. The number of carbonyl (C=O) groups excluding carboxylic acids is 1. The molecule has 1 aromatic carbocycles. The van der Waals surface area contributed by atoms with Gasteiger partial charge in [0.15, 0.2) is 11.5 Å². The molecule has 1 aromatic rings. The van der Waals surface area contributed by atoms with Crippen LogP contribution in [-0.4, -0.2) is 50.5 Å². The molecule has 1 amide bonds. The van der Waals surface area contributed by atoms with Crippen molar-refractivity contribution in [1.29, 1.82) is 0 Å². The highest BCUT2D eigenvalue weighted by Crippen LogP contribution is 2.46. The number of rotatable bonds is 4. The first kappa shape index (κ1) is 17.2. The predicted octanol–water partition coefficient (Wildman–Crippen LogP) is 0.749. The van der Waals surface area contributed by atoms with E-state index in [1.807, 2.05) is 0 Å². The molecule has 0 aromatic heterocycles. The molecule has 7 nitrogen and oxygen atoms in total. The van der Waals surface area contributed by atoms with Gasteiger partial charge >= 0.3 is 0 Å². The van der Waals surface area contributed by atoms with Crippen molar-refractivity contribution in [1.82, 2.24) is 9.62 Å². The van der Waals surface area contributed by atoms with Gasteiger partial charge in [-0.05, 0) is 37.3 Å². The fraction of sp³-hybridized carbons (Fsp3) is 0.500. The van der Waals surface area contributed by atoms with Crippen LogP contribution in [0.5, 0.6) is 11.5 Å². The molecule has 0 spiro atoms. The first-order valence-electron chi connectivity index (χ1n) is 8.66. The lowest BCUT2D eigenvalue weighted by molar-refractivity contribution is -0.125. The third-order valence-electron chi connectivity index (χ3n) is 5.25. The van der Waals surface area contributed by atoms with Gasteiger partial charge < -0.3 is 14.8 Å². The maximum absolute atomic E-state index is 13.3. The zero-order valence-corrected chi connectivity index (χ0v) is 15.0. The number of carbonyl (C=O) groups is 1. The van der Waals surface area contributed by atoms with Crippen LogP contribution in [0.1, 0.15) is 19.3 Å². The lowest BCUT2D eigenvalue weighted by Crippen LogP contribution is -2.52. The standard InChI is InChI=1S/C18H20N2O5S/c1-2-7-19-18(21)17-12-3-4-13(10-12)20(17)26(22,23)14-5-6-15-16(11-14)25-9-8-24-15/h1,5-6,11-13,17H,3-4,7-10H2,(H,19,21)/t12-,13-,17-/m0/s1. The molecule has 1 N–H and O–H groups in total. The smallest absolute Gasteiger partial charge is 0.244 e. The minimum absolute atomic E-state index is 0.0322. The summed E-state index contributed by atoms with van der Waals surface area (Å²) in [5.41, 5.74) is 0. The van der Waals surface area contributed by atoms with E-state index in [1.165, 1.54) is 16.4 Å². The quantitative estimate of drug-likeness (QED) is 0.784. The second-order valence-corrected chi connectivity index (χ2v) is 8.58. The highest BCUT2D eigenvalue weighted by Gasteiger charge is 2.54. The van der Waals surface area contributed by atoms with E-state index >= 15 is 0 Å². The van der Waals surface area contributed by atoms with E-state index in [4.69, 9.17) is 15.9 Å². The summed E-state index contributed by atoms with van der Waals surface area (Å²) in [6, 6.07) is 3.72. The molecule has 138 valence electrons. The molecule has 8 heteroatoms. The zero-order chi connectivity index (χ0) is 18.3. The van der Waals surface area contributed by atoms with Crippen molar-refractivity contribution in [2.45, 2.75) is 36.2 Å². The third-order valence-corrected chi connectivity index (χ3v) is 7.18. The largest absolute Gasteiger partial charge is 0.486 e. The van der Waals surface area contributed by atoms with Crippen LogP contribution in [0.25, 0.3) is 0 Å². The van der Waals surface area contributed by atoms with Crippen molar-refractivity contribution in [2.24, 2.45) is 5.92 Å². The lowest BCUT2D eigenvalue weighted by Gasteiger charge is -2.33. The van der Waals surface area contributed by atoms with Gasteiger partial charge in [-0.3, -0.25) is 4.79 Å². The lowest BCUT2D eigenvalue weighted by atomic mass is 9.99. The molecular formula is C18H20N2O5S. The fourth-order valence-electron chi connectivity index (χ4n) is 4.17. The molecule has 2 bridgehead atoms. The summed E-state index contributed by atoms with van der Waals surface area (Å²) in [4.78, 5) is 12.7. The number of amides is 1. The molecular weight excluding hydrogens is 356 g/mol. The van der Waals surface area contributed by atoms with E-state index in [0.29, 0.717) is 31.1 Å². The van der Waals surface area contributed by atoms with E-state index in [0.717, 1.165) is 12.8 Å². The number of benzene rings is 1. The van der Waals surface area contributed by atoms with E-state index in [1.54, 1.807) is 6.07 Å². The first-order chi connectivity index (χ1) is 12.5. The molecule has 0 unspecified atom stereocenters. The fourth-order valence-corrected chi connectivity index (χ4v) is 6.06. The number of piperidine rings is 1. The molecule has 2 heterocycles. The summed E-state index contributed by atoms with van der Waals surface area (Å²) >= 11 is 0. The molecule has 0 radical (unpaired) electrons. The Hall–Kier alpha value is -2.24. The Bertz CT molecular complexity index is 876. The minimum Gasteiger partial charge on any atom is -0.486 e. The second-order valence-electron chi connectivity index (χ2n) is 6.73. The van der Waals surface area contributed by atoms with Gasteiger partial charge in [-0.2, -0.15) is 4.31 Å². The van der Waals surface area contributed by atoms with E-state index < -0.39 is 16.1 Å². The first-order valence-corrected chi connectivity index (χ1v) is 10.1. The average molecular weight is 376 g/mol. The second kappa shape index (κ2) is 6.49. The summed E-state index contributed by atoms with van der Waals surface area (Å²) < 4.78 is 38.9. The molecule has 4 rings (SSSR count). The van der Waals surface area contributed by atoms with Crippen molar-refractivity contribution >= 4 is 15.9 Å². The molecule has 3 atom stereocenters. The van der Waals surface area contributed by atoms with Crippen LogP contribution in [0, 0.1) is 18.3 Å². The van der Waals surface area contributed by atoms with E-state index in [9.17, 15) is 13.2 Å². The van der Waals surface area contributed by atoms with Crippen molar-refractivity contribution < 1.29 is 22.7 Å². The minimum atomic E-state index is -3.84. The summed E-state index contributed by atoms with van der Waals surface area (Å²) in [5, 5.41) is 2.64. The Morgan fingerprint density at radius 3 is 2.81 bits per heavy atom. The summed E-state index contributed by atoms with van der Waals surface area (Å²) in [6.45, 7) is 0.902. The van der Waals surface area contributed by atoms with Crippen LogP contribution in [0.4, 0.5) is 0 Å². The Kier molecular flexibility index (Phi) is 4.29. The van der Waals surface area contributed by atoms with Crippen LogP contribution in [0.2, 0.25) is 0 Å². The van der Waals surface area contributed by atoms with Crippen molar-refractivity contribution in [3.8, 4) is 23.8 Å². The Balaban J connectivity index is 1.67. The molecule has 1 saturated carbocycles. The number of hydrogen-bond acceptors (Lipinski definition) is 5. The Morgan fingerprint density at radius 2 is 2.04 bits per heavy atom. The van der Waals surface area contributed by atoms with Gasteiger partial charge in [0.05, 0.1) is 11.4 Å².